The summed E-state index contributed by atoms with van der Waals surface area (Å²) in [5, 5.41) is 0. The standard InChI is InChI=1S/C17H34N4/c1-19(2)16(8-6-9-16)14-20(3)17(13-18)10-12-21-11-5-4-7-15(17)21/h15H,4-14,18H2,1-3H3. The van der Waals surface area contributed by atoms with E-state index in [-0.39, 0.29) is 5.54 Å². The van der Waals surface area contributed by atoms with E-state index in [1.807, 2.05) is 0 Å². The summed E-state index contributed by atoms with van der Waals surface area (Å²) in [4.78, 5) is 7.84. The van der Waals surface area contributed by atoms with Crippen molar-refractivity contribution in [1.29, 1.82) is 0 Å². The molecule has 3 rings (SSSR count). The van der Waals surface area contributed by atoms with Gasteiger partial charge in [-0.15, -0.1) is 0 Å². The van der Waals surface area contributed by atoms with Gasteiger partial charge >= 0.3 is 0 Å². The fourth-order valence-electron chi connectivity index (χ4n) is 5.14. The lowest BCUT2D eigenvalue weighted by molar-refractivity contribution is -0.0229. The highest BCUT2D eigenvalue weighted by atomic mass is 15.3. The van der Waals surface area contributed by atoms with E-state index in [4.69, 9.17) is 5.73 Å². The van der Waals surface area contributed by atoms with E-state index in [1.165, 1.54) is 64.6 Å². The molecule has 4 heteroatoms. The number of hydrogen-bond donors (Lipinski definition) is 1. The van der Waals surface area contributed by atoms with Crippen molar-refractivity contribution in [3.63, 3.8) is 0 Å². The van der Waals surface area contributed by atoms with Gasteiger partial charge in [-0.3, -0.25) is 9.80 Å². The lowest BCUT2D eigenvalue weighted by Crippen LogP contribution is -2.66. The van der Waals surface area contributed by atoms with Gasteiger partial charge in [-0.1, -0.05) is 6.42 Å². The molecule has 0 aromatic carbocycles. The maximum atomic E-state index is 6.35. The summed E-state index contributed by atoms with van der Waals surface area (Å²) in [6.45, 7) is 4.54. The Bertz CT molecular complexity index is 366. The molecule has 0 bridgehead atoms. The molecular weight excluding hydrogens is 260 g/mol. The summed E-state index contributed by atoms with van der Waals surface area (Å²) in [5.41, 5.74) is 6.97. The van der Waals surface area contributed by atoms with Crippen molar-refractivity contribution >= 4 is 0 Å². The monoisotopic (exact) mass is 294 g/mol. The number of nitrogens with two attached hydrogens (primary N) is 1. The highest BCUT2D eigenvalue weighted by Gasteiger charge is 2.52. The van der Waals surface area contributed by atoms with Crippen molar-refractivity contribution in [3.05, 3.63) is 0 Å². The summed E-state index contributed by atoms with van der Waals surface area (Å²) in [6, 6.07) is 0.695. The molecule has 2 aliphatic heterocycles. The minimum Gasteiger partial charge on any atom is -0.329 e. The smallest absolute Gasteiger partial charge is 0.0496 e. The zero-order chi connectivity index (χ0) is 15.1. The number of nitrogens with zero attached hydrogens (tertiary/aromatic N) is 3. The quantitative estimate of drug-likeness (QED) is 0.830. The van der Waals surface area contributed by atoms with Gasteiger partial charge in [0.25, 0.3) is 0 Å². The summed E-state index contributed by atoms with van der Waals surface area (Å²) >= 11 is 0. The lowest BCUT2D eigenvalue weighted by atomic mass is 9.74. The van der Waals surface area contributed by atoms with Gasteiger partial charge in [-0.05, 0) is 66.2 Å². The second-order valence-corrected chi connectivity index (χ2v) is 7.93. The molecular formula is C17H34N4. The number of likely N-dealkylation sites (N-methyl/N-ethyl adjacent to an activating group) is 2. The molecule has 4 nitrogen and oxygen atoms in total. The third-order valence-corrected chi connectivity index (χ3v) is 6.94. The predicted molar refractivity (Wildman–Crippen MR) is 88.5 cm³/mol. The van der Waals surface area contributed by atoms with Crippen molar-refractivity contribution < 1.29 is 0 Å². The fraction of sp³-hybridized carbons (Fsp3) is 1.00. The lowest BCUT2D eigenvalue weighted by Gasteiger charge is -2.54. The van der Waals surface area contributed by atoms with Crippen LogP contribution in [-0.4, -0.2) is 79.1 Å². The summed E-state index contributed by atoms with van der Waals surface area (Å²) in [5.74, 6) is 0. The van der Waals surface area contributed by atoms with Gasteiger partial charge in [-0.25, -0.2) is 0 Å². The van der Waals surface area contributed by atoms with Crippen LogP contribution in [0.1, 0.15) is 44.9 Å². The zero-order valence-electron chi connectivity index (χ0n) is 14.3. The molecule has 0 aromatic rings. The summed E-state index contributed by atoms with van der Waals surface area (Å²) in [7, 11) is 6.85. The molecule has 3 aliphatic rings. The highest BCUT2D eigenvalue weighted by molar-refractivity contribution is 5.10. The van der Waals surface area contributed by atoms with Crippen molar-refractivity contribution in [2.24, 2.45) is 5.73 Å². The number of piperidine rings is 1. The van der Waals surface area contributed by atoms with Crippen LogP contribution in [0.15, 0.2) is 0 Å². The van der Waals surface area contributed by atoms with Crippen LogP contribution in [0.5, 0.6) is 0 Å². The first-order valence-electron chi connectivity index (χ1n) is 8.87. The molecule has 0 aromatic heterocycles. The number of rotatable bonds is 5. The van der Waals surface area contributed by atoms with Gasteiger partial charge < -0.3 is 10.6 Å². The van der Waals surface area contributed by atoms with Gasteiger partial charge in [0, 0.05) is 36.8 Å². The molecule has 2 saturated heterocycles. The predicted octanol–water partition coefficient (Wildman–Crippen LogP) is 1.36. The van der Waals surface area contributed by atoms with Gasteiger partial charge in [0.05, 0.1) is 0 Å². The Morgan fingerprint density at radius 1 is 1.05 bits per heavy atom. The van der Waals surface area contributed by atoms with E-state index >= 15 is 0 Å². The Morgan fingerprint density at radius 2 is 1.81 bits per heavy atom. The molecule has 122 valence electrons. The Hall–Kier alpha value is -0.160. The van der Waals surface area contributed by atoms with Crippen LogP contribution in [-0.2, 0) is 0 Å². The molecule has 0 amide bonds. The molecule has 0 radical (unpaired) electrons. The largest absolute Gasteiger partial charge is 0.329 e. The Kier molecular flexibility index (Phi) is 4.34. The highest BCUT2D eigenvalue weighted by Crippen LogP contribution is 2.42. The van der Waals surface area contributed by atoms with Crippen LogP contribution in [0.3, 0.4) is 0 Å². The minimum atomic E-state index is 0.221. The van der Waals surface area contributed by atoms with Crippen LogP contribution < -0.4 is 5.73 Å². The molecule has 2 atom stereocenters. The summed E-state index contributed by atoms with van der Waals surface area (Å²) < 4.78 is 0. The van der Waals surface area contributed by atoms with Crippen LogP contribution in [0.4, 0.5) is 0 Å². The Balaban J connectivity index is 1.76. The van der Waals surface area contributed by atoms with Crippen molar-refractivity contribution in [3.8, 4) is 0 Å². The van der Waals surface area contributed by atoms with Gasteiger partial charge in [-0.2, -0.15) is 0 Å². The molecule has 21 heavy (non-hydrogen) atoms. The van der Waals surface area contributed by atoms with Gasteiger partial charge in [0.2, 0.25) is 0 Å². The third-order valence-electron chi connectivity index (χ3n) is 6.94. The van der Waals surface area contributed by atoms with E-state index in [9.17, 15) is 0 Å². The normalized spacial score (nSPS) is 36.0. The van der Waals surface area contributed by atoms with E-state index in [0.29, 0.717) is 11.6 Å². The molecule has 3 fully saturated rings. The molecule has 2 unspecified atom stereocenters. The van der Waals surface area contributed by atoms with Crippen LogP contribution in [0.25, 0.3) is 0 Å². The fourth-order valence-corrected chi connectivity index (χ4v) is 5.14. The maximum absolute atomic E-state index is 6.35. The van der Waals surface area contributed by atoms with Crippen LogP contribution in [0, 0.1) is 0 Å². The molecule has 2 heterocycles. The van der Waals surface area contributed by atoms with E-state index in [2.05, 4.69) is 35.8 Å². The average Bonchev–Trinajstić information content (AvgIpc) is 2.82. The average molecular weight is 294 g/mol. The Labute approximate surface area is 130 Å². The van der Waals surface area contributed by atoms with Gasteiger partial charge in [0.1, 0.15) is 0 Å². The Morgan fingerprint density at radius 3 is 2.38 bits per heavy atom. The first-order valence-corrected chi connectivity index (χ1v) is 8.87. The topological polar surface area (TPSA) is 35.7 Å². The van der Waals surface area contributed by atoms with Crippen molar-refractivity contribution in [1.82, 2.24) is 14.7 Å². The summed E-state index contributed by atoms with van der Waals surface area (Å²) in [6.07, 6.45) is 9.44. The van der Waals surface area contributed by atoms with E-state index < -0.39 is 0 Å². The number of hydrogen-bond acceptors (Lipinski definition) is 4. The molecule has 0 spiro atoms. The number of fused-ring (bicyclic) bond motifs is 1. The molecule has 1 saturated carbocycles. The molecule has 2 N–H and O–H groups in total. The van der Waals surface area contributed by atoms with E-state index in [1.54, 1.807) is 0 Å². The van der Waals surface area contributed by atoms with Crippen LogP contribution >= 0.6 is 0 Å². The first-order chi connectivity index (χ1) is 10.0. The SMILES string of the molecule is CN(C)C1(CN(C)C2(CN)CCN3CCCCC32)CCC1. The maximum Gasteiger partial charge on any atom is 0.0496 e. The first kappa shape index (κ1) is 15.7. The van der Waals surface area contributed by atoms with E-state index in [0.717, 1.165) is 6.54 Å². The molecule has 1 aliphatic carbocycles. The van der Waals surface area contributed by atoms with Gasteiger partial charge in [0.15, 0.2) is 0 Å². The van der Waals surface area contributed by atoms with Crippen molar-refractivity contribution in [2.75, 3.05) is 47.3 Å². The zero-order valence-corrected chi connectivity index (χ0v) is 14.3. The second-order valence-electron chi connectivity index (χ2n) is 7.93. The minimum absolute atomic E-state index is 0.221. The van der Waals surface area contributed by atoms with Crippen molar-refractivity contribution in [2.45, 2.75) is 62.1 Å². The third kappa shape index (κ3) is 2.44. The second kappa shape index (κ2) is 5.80. The van der Waals surface area contributed by atoms with Crippen LogP contribution in [0.2, 0.25) is 0 Å².